The van der Waals surface area contributed by atoms with Gasteiger partial charge in [-0.1, -0.05) is 0 Å². The van der Waals surface area contributed by atoms with Crippen LogP contribution in [0.3, 0.4) is 0 Å². The molecule has 1 fully saturated rings. The van der Waals surface area contributed by atoms with Crippen LogP contribution in [0, 0.1) is 5.92 Å². The Morgan fingerprint density at radius 3 is 3.23 bits per heavy atom. The van der Waals surface area contributed by atoms with E-state index in [0.29, 0.717) is 12.5 Å². The first kappa shape index (κ1) is 8.72. The van der Waals surface area contributed by atoms with Crippen molar-refractivity contribution < 1.29 is 4.74 Å². The van der Waals surface area contributed by atoms with Crippen molar-refractivity contribution in [3.8, 4) is 0 Å². The molecule has 0 bridgehead atoms. The van der Waals surface area contributed by atoms with Gasteiger partial charge in [0.2, 0.25) is 0 Å². The second kappa shape index (κ2) is 3.47. The van der Waals surface area contributed by atoms with Gasteiger partial charge in [-0.15, -0.1) is 0 Å². The van der Waals surface area contributed by atoms with Crippen LogP contribution in [0.4, 0.5) is 0 Å². The van der Waals surface area contributed by atoms with E-state index < -0.39 is 0 Å². The van der Waals surface area contributed by atoms with Crippen LogP contribution in [-0.4, -0.2) is 22.9 Å². The number of aryl methyl sites for hydroxylation is 1. The molecule has 0 aromatic carbocycles. The monoisotopic (exact) mass is 181 g/mol. The lowest BCUT2D eigenvalue weighted by Gasteiger charge is -2.16. The molecule has 2 atom stereocenters. The molecular formula is C9H15N3O. The molecule has 4 nitrogen and oxygen atoms in total. The fourth-order valence-electron chi connectivity index (χ4n) is 1.87. The van der Waals surface area contributed by atoms with Gasteiger partial charge in [-0.05, 0) is 19.0 Å². The Morgan fingerprint density at radius 1 is 1.77 bits per heavy atom. The van der Waals surface area contributed by atoms with Gasteiger partial charge in [0, 0.05) is 25.8 Å². The van der Waals surface area contributed by atoms with Crippen LogP contribution in [0.15, 0.2) is 12.3 Å². The molecule has 1 saturated heterocycles. The first-order chi connectivity index (χ1) is 6.33. The molecule has 1 aliphatic rings. The molecule has 0 radical (unpaired) electrons. The summed E-state index contributed by atoms with van der Waals surface area (Å²) < 4.78 is 7.50. The average Bonchev–Trinajstić information content (AvgIpc) is 2.71. The Balaban J connectivity index is 2.20. The van der Waals surface area contributed by atoms with Crippen LogP contribution >= 0.6 is 0 Å². The topological polar surface area (TPSA) is 53.1 Å². The molecule has 0 aliphatic carbocycles. The van der Waals surface area contributed by atoms with Crippen LogP contribution in [0.1, 0.15) is 18.2 Å². The van der Waals surface area contributed by atoms with Crippen LogP contribution < -0.4 is 5.73 Å². The molecule has 72 valence electrons. The molecule has 1 aliphatic heterocycles. The summed E-state index contributed by atoms with van der Waals surface area (Å²) in [5.41, 5.74) is 6.80. The van der Waals surface area contributed by atoms with E-state index in [1.807, 2.05) is 17.8 Å². The van der Waals surface area contributed by atoms with E-state index in [1.54, 1.807) is 6.20 Å². The number of ether oxygens (including phenoxy) is 1. The molecule has 0 unspecified atom stereocenters. The minimum Gasteiger partial charge on any atom is -0.372 e. The van der Waals surface area contributed by atoms with E-state index in [4.69, 9.17) is 10.5 Å². The van der Waals surface area contributed by atoms with E-state index in [1.165, 1.54) is 0 Å². The predicted octanol–water partition coefficient (Wildman–Crippen LogP) is 0.456. The Morgan fingerprint density at radius 2 is 2.62 bits per heavy atom. The minimum absolute atomic E-state index is 0.150. The van der Waals surface area contributed by atoms with Crippen LogP contribution in [0.25, 0.3) is 0 Å². The molecule has 1 aromatic heterocycles. The maximum Gasteiger partial charge on any atom is 0.103 e. The fraction of sp³-hybridized carbons (Fsp3) is 0.667. The minimum atomic E-state index is 0.150. The van der Waals surface area contributed by atoms with Crippen LogP contribution in [0.5, 0.6) is 0 Å². The van der Waals surface area contributed by atoms with E-state index in [-0.39, 0.29) is 6.10 Å². The van der Waals surface area contributed by atoms with Gasteiger partial charge in [0.25, 0.3) is 0 Å². The summed E-state index contributed by atoms with van der Waals surface area (Å²) in [4.78, 5) is 0. The molecule has 0 amide bonds. The van der Waals surface area contributed by atoms with E-state index in [9.17, 15) is 0 Å². The third-order valence-corrected chi connectivity index (χ3v) is 2.67. The summed E-state index contributed by atoms with van der Waals surface area (Å²) in [7, 11) is 1.94. The Kier molecular flexibility index (Phi) is 2.33. The van der Waals surface area contributed by atoms with Crippen molar-refractivity contribution in [2.24, 2.45) is 18.7 Å². The maximum atomic E-state index is 5.67. The van der Waals surface area contributed by atoms with Crippen molar-refractivity contribution in [1.82, 2.24) is 9.78 Å². The summed E-state index contributed by atoms with van der Waals surface area (Å²) in [6, 6.07) is 2.00. The quantitative estimate of drug-likeness (QED) is 0.721. The predicted molar refractivity (Wildman–Crippen MR) is 49.1 cm³/mol. The lowest BCUT2D eigenvalue weighted by Crippen LogP contribution is -2.19. The lowest BCUT2D eigenvalue weighted by molar-refractivity contribution is 0.0858. The van der Waals surface area contributed by atoms with Crippen molar-refractivity contribution >= 4 is 0 Å². The normalized spacial score (nSPS) is 28.2. The van der Waals surface area contributed by atoms with Crippen LogP contribution in [0.2, 0.25) is 0 Å². The van der Waals surface area contributed by atoms with Crippen molar-refractivity contribution in [2.75, 3.05) is 13.2 Å². The summed E-state index contributed by atoms with van der Waals surface area (Å²) in [5.74, 6) is 0.454. The Hall–Kier alpha value is -0.870. The van der Waals surface area contributed by atoms with E-state index >= 15 is 0 Å². The standard InChI is InChI=1S/C9H15N3O/c1-12-8(2-4-11-12)9-7(6-10)3-5-13-9/h2,4,7,9H,3,5-6,10H2,1H3/t7-,9-/m0/s1. The number of hydrogen-bond acceptors (Lipinski definition) is 3. The number of rotatable bonds is 2. The summed E-state index contributed by atoms with van der Waals surface area (Å²) in [6.07, 6.45) is 3.01. The van der Waals surface area contributed by atoms with Gasteiger partial charge in [-0.25, -0.2) is 0 Å². The molecular weight excluding hydrogens is 166 g/mol. The smallest absolute Gasteiger partial charge is 0.103 e. The zero-order valence-electron chi connectivity index (χ0n) is 7.81. The largest absolute Gasteiger partial charge is 0.372 e. The summed E-state index contributed by atoms with van der Waals surface area (Å²) in [6.45, 7) is 1.51. The molecule has 2 heterocycles. The number of aromatic nitrogens is 2. The van der Waals surface area contributed by atoms with Crippen LogP contribution in [-0.2, 0) is 11.8 Å². The van der Waals surface area contributed by atoms with Crippen molar-refractivity contribution in [2.45, 2.75) is 12.5 Å². The highest BCUT2D eigenvalue weighted by atomic mass is 16.5. The lowest BCUT2D eigenvalue weighted by atomic mass is 9.99. The van der Waals surface area contributed by atoms with Gasteiger partial charge in [0.1, 0.15) is 6.10 Å². The molecule has 0 saturated carbocycles. The van der Waals surface area contributed by atoms with Crippen molar-refractivity contribution in [1.29, 1.82) is 0 Å². The Labute approximate surface area is 77.7 Å². The highest BCUT2D eigenvalue weighted by Gasteiger charge is 2.30. The molecule has 0 spiro atoms. The number of nitrogens with zero attached hydrogens (tertiary/aromatic N) is 2. The zero-order valence-corrected chi connectivity index (χ0v) is 7.81. The van der Waals surface area contributed by atoms with Crippen molar-refractivity contribution in [3.63, 3.8) is 0 Å². The zero-order chi connectivity index (χ0) is 9.26. The van der Waals surface area contributed by atoms with Gasteiger partial charge in [0.15, 0.2) is 0 Å². The third-order valence-electron chi connectivity index (χ3n) is 2.67. The molecule has 2 N–H and O–H groups in total. The number of hydrogen-bond donors (Lipinski definition) is 1. The second-order valence-corrected chi connectivity index (χ2v) is 3.46. The average molecular weight is 181 g/mol. The SMILES string of the molecule is Cn1nccc1[C@H]1OCC[C@H]1CN. The first-order valence-electron chi connectivity index (χ1n) is 4.62. The third kappa shape index (κ3) is 1.47. The highest BCUT2D eigenvalue weighted by molar-refractivity contribution is 5.07. The summed E-state index contributed by atoms with van der Waals surface area (Å²) >= 11 is 0. The summed E-state index contributed by atoms with van der Waals surface area (Å²) in [5, 5.41) is 4.13. The fourth-order valence-corrected chi connectivity index (χ4v) is 1.87. The van der Waals surface area contributed by atoms with Gasteiger partial charge in [0.05, 0.1) is 5.69 Å². The van der Waals surface area contributed by atoms with Gasteiger partial charge in [-0.3, -0.25) is 4.68 Å². The molecule has 13 heavy (non-hydrogen) atoms. The molecule has 4 heteroatoms. The van der Waals surface area contributed by atoms with Gasteiger partial charge >= 0.3 is 0 Å². The highest BCUT2D eigenvalue weighted by Crippen LogP contribution is 2.33. The van der Waals surface area contributed by atoms with Gasteiger partial charge in [-0.2, -0.15) is 5.10 Å². The second-order valence-electron chi connectivity index (χ2n) is 3.46. The van der Waals surface area contributed by atoms with E-state index in [0.717, 1.165) is 18.7 Å². The Bertz CT molecular complexity index is 284. The number of nitrogens with two attached hydrogens (primary N) is 1. The molecule has 1 aromatic rings. The first-order valence-corrected chi connectivity index (χ1v) is 4.62. The van der Waals surface area contributed by atoms with Crippen molar-refractivity contribution in [3.05, 3.63) is 18.0 Å². The van der Waals surface area contributed by atoms with Gasteiger partial charge < -0.3 is 10.5 Å². The molecule has 2 rings (SSSR count). The van der Waals surface area contributed by atoms with E-state index in [2.05, 4.69) is 5.10 Å². The maximum absolute atomic E-state index is 5.67.